The molecule has 0 aliphatic carbocycles. The fourth-order valence-electron chi connectivity index (χ4n) is 3.22. The predicted molar refractivity (Wildman–Crippen MR) is 99.1 cm³/mol. The number of hydrogen-bond donors (Lipinski definition) is 1. The highest BCUT2D eigenvalue weighted by molar-refractivity contribution is 6.17. The van der Waals surface area contributed by atoms with Crippen molar-refractivity contribution in [3.05, 3.63) is 71.2 Å². The van der Waals surface area contributed by atoms with Crippen LogP contribution in [0.4, 0.5) is 10.1 Å². The van der Waals surface area contributed by atoms with Gasteiger partial charge >= 0.3 is 0 Å². The zero-order chi connectivity index (χ0) is 19.7. The van der Waals surface area contributed by atoms with Gasteiger partial charge < -0.3 is 9.84 Å². The molecule has 140 valence electrons. The highest BCUT2D eigenvalue weighted by Gasteiger charge is 2.45. The van der Waals surface area contributed by atoms with E-state index in [1.165, 1.54) is 36.3 Å². The minimum absolute atomic E-state index is 0.0174. The molecule has 0 saturated carbocycles. The number of carbonyl (C=O) groups is 2. The number of ketones is 1. The summed E-state index contributed by atoms with van der Waals surface area (Å²) in [4.78, 5) is 27.0. The van der Waals surface area contributed by atoms with Crippen LogP contribution in [0.1, 0.15) is 25.5 Å². The van der Waals surface area contributed by atoms with Gasteiger partial charge in [-0.3, -0.25) is 14.5 Å². The zero-order valence-corrected chi connectivity index (χ0v) is 15.3. The van der Waals surface area contributed by atoms with Crippen LogP contribution in [0.15, 0.2) is 59.9 Å². The van der Waals surface area contributed by atoms with E-state index in [1.54, 1.807) is 38.1 Å². The second-order valence-electron chi connectivity index (χ2n) is 6.58. The van der Waals surface area contributed by atoms with E-state index >= 15 is 0 Å². The zero-order valence-electron chi connectivity index (χ0n) is 15.3. The van der Waals surface area contributed by atoms with Gasteiger partial charge in [-0.05, 0) is 30.3 Å². The molecule has 1 unspecified atom stereocenters. The summed E-state index contributed by atoms with van der Waals surface area (Å²) in [5.41, 5.74) is 0.949. The van der Waals surface area contributed by atoms with Gasteiger partial charge in [0, 0.05) is 17.2 Å². The van der Waals surface area contributed by atoms with Crippen LogP contribution >= 0.6 is 0 Å². The van der Waals surface area contributed by atoms with E-state index < -0.39 is 29.4 Å². The van der Waals surface area contributed by atoms with Crippen molar-refractivity contribution in [2.45, 2.75) is 19.9 Å². The van der Waals surface area contributed by atoms with Crippen LogP contribution in [-0.2, 0) is 9.59 Å². The highest BCUT2D eigenvalue weighted by Crippen LogP contribution is 2.44. The number of carbonyl (C=O) groups excluding carboxylic acids is 2. The predicted octanol–water partition coefficient (Wildman–Crippen LogP) is 3.96. The number of anilines is 1. The third-order valence-electron chi connectivity index (χ3n) is 4.54. The first-order valence-electron chi connectivity index (χ1n) is 8.56. The molecule has 1 aliphatic rings. The standard InChI is InChI=1S/C21H20FNO4/c1-12(2)19(24)17-18(15-6-4-5-7-16(15)27-3)23(21(26)20(17)25)14-10-8-13(22)9-11-14/h4-12,18,25H,1-3H3. The van der Waals surface area contributed by atoms with Crippen LogP contribution in [0.3, 0.4) is 0 Å². The summed E-state index contributed by atoms with van der Waals surface area (Å²) in [6.07, 6.45) is 0. The summed E-state index contributed by atoms with van der Waals surface area (Å²) in [6.45, 7) is 3.40. The third kappa shape index (κ3) is 3.18. The summed E-state index contributed by atoms with van der Waals surface area (Å²) in [5, 5.41) is 10.5. The molecule has 6 heteroatoms. The van der Waals surface area contributed by atoms with Crippen LogP contribution in [-0.4, -0.2) is 23.9 Å². The summed E-state index contributed by atoms with van der Waals surface area (Å²) in [5.74, 6) is -2.02. The van der Waals surface area contributed by atoms with Crippen molar-refractivity contribution in [2.75, 3.05) is 12.0 Å². The Labute approximate surface area is 156 Å². The Morgan fingerprint density at radius 1 is 1.15 bits per heavy atom. The van der Waals surface area contributed by atoms with Gasteiger partial charge in [-0.15, -0.1) is 0 Å². The van der Waals surface area contributed by atoms with Gasteiger partial charge in [0.15, 0.2) is 11.5 Å². The molecular formula is C21H20FNO4. The molecule has 0 bridgehead atoms. The molecule has 27 heavy (non-hydrogen) atoms. The Hall–Kier alpha value is -3.15. The molecule has 0 fully saturated rings. The van der Waals surface area contributed by atoms with E-state index in [9.17, 15) is 19.1 Å². The molecule has 0 aromatic heterocycles. The van der Waals surface area contributed by atoms with Crippen molar-refractivity contribution in [1.82, 2.24) is 0 Å². The van der Waals surface area contributed by atoms with Gasteiger partial charge in [0.2, 0.25) is 0 Å². The first-order valence-corrected chi connectivity index (χ1v) is 8.56. The second kappa shape index (κ2) is 7.23. The second-order valence-corrected chi connectivity index (χ2v) is 6.58. The summed E-state index contributed by atoms with van der Waals surface area (Å²) in [7, 11) is 1.49. The van der Waals surface area contributed by atoms with Gasteiger partial charge in [-0.2, -0.15) is 0 Å². The number of rotatable bonds is 5. The minimum atomic E-state index is -0.867. The number of nitrogens with zero attached hydrogens (tertiary/aromatic N) is 1. The lowest BCUT2D eigenvalue weighted by atomic mass is 9.90. The Kier molecular flexibility index (Phi) is 4.99. The van der Waals surface area contributed by atoms with Gasteiger partial charge in [-0.25, -0.2) is 4.39 Å². The fourth-order valence-corrected chi connectivity index (χ4v) is 3.22. The number of aliphatic hydroxyl groups excluding tert-OH is 1. The van der Waals surface area contributed by atoms with Crippen molar-refractivity contribution >= 4 is 17.4 Å². The third-order valence-corrected chi connectivity index (χ3v) is 4.54. The quantitative estimate of drug-likeness (QED) is 0.866. The van der Waals surface area contributed by atoms with E-state index in [1.807, 2.05) is 0 Å². The molecule has 1 N–H and O–H groups in total. The van der Waals surface area contributed by atoms with Crippen LogP contribution in [0.5, 0.6) is 5.75 Å². The Morgan fingerprint density at radius 2 is 1.78 bits per heavy atom. The topological polar surface area (TPSA) is 66.8 Å². The molecule has 1 atom stereocenters. The SMILES string of the molecule is COc1ccccc1C1C(C(=O)C(C)C)=C(O)C(=O)N1c1ccc(F)cc1. The molecule has 2 aromatic rings. The van der Waals surface area contributed by atoms with Crippen molar-refractivity contribution in [3.63, 3.8) is 0 Å². The minimum Gasteiger partial charge on any atom is -0.503 e. The summed E-state index contributed by atoms with van der Waals surface area (Å²) >= 11 is 0. The fraction of sp³-hybridized carbons (Fsp3) is 0.238. The molecule has 5 nitrogen and oxygen atoms in total. The smallest absolute Gasteiger partial charge is 0.294 e. The lowest BCUT2D eigenvalue weighted by Gasteiger charge is -2.28. The lowest BCUT2D eigenvalue weighted by Crippen LogP contribution is -2.31. The van der Waals surface area contributed by atoms with E-state index in [0.29, 0.717) is 17.0 Å². The van der Waals surface area contributed by atoms with Crippen LogP contribution < -0.4 is 9.64 Å². The Morgan fingerprint density at radius 3 is 2.37 bits per heavy atom. The number of para-hydroxylation sites is 1. The van der Waals surface area contributed by atoms with E-state index in [2.05, 4.69) is 0 Å². The van der Waals surface area contributed by atoms with Crippen molar-refractivity contribution in [3.8, 4) is 5.75 Å². The Bertz CT molecular complexity index is 918. The first-order chi connectivity index (χ1) is 12.9. The van der Waals surface area contributed by atoms with Gasteiger partial charge in [0.05, 0.1) is 18.7 Å². The number of Topliss-reactive ketones (excluding diaryl/α,β-unsaturated/α-hetero) is 1. The lowest BCUT2D eigenvalue weighted by molar-refractivity contribution is -0.119. The largest absolute Gasteiger partial charge is 0.503 e. The highest BCUT2D eigenvalue weighted by atomic mass is 19.1. The van der Waals surface area contributed by atoms with Gasteiger partial charge in [0.25, 0.3) is 5.91 Å². The molecule has 1 amide bonds. The molecule has 3 rings (SSSR count). The average Bonchev–Trinajstić information content (AvgIpc) is 2.92. The molecule has 0 spiro atoms. The Balaban J connectivity index is 2.23. The summed E-state index contributed by atoms with van der Waals surface area (Å²) < 4.78 is 18.8. The molecule has 2 aromatic carbocycles. The van der Waals surface area contributed by atoms with Crippen LogP contribution in [0.2, 0.25) is 0 Å². The molecule has 1 heterocycles. The maximum Gasteiger partial charge on any atom is 0.294 e. The molecular weight excluding hydrogens is 349 g/mol. The van der Waals surface area contributed by atoms with Crippen molar-refractivity contribution < 1.29 is 23.8 Å². The number of aliphatic hydroxyl groups is 1. The van der Waals surface area contributed by atoms with Crippen molar-refractivity contribution in [2.24, 2.45) is 5.92 Å². The van der Waals surface area contributed by atoms with Crippen LogP contribution in [0.25, 0.3) is 0 Å². The number of methoxy groups -OCH3 is 1. The van der Waals surface area contributed by atoms with E-state index in [-0.39, 0.29) is 11.4 Å². The number of amides is 1. The van der Waals surface area contributed by atoms with E-state index in [4.69, 9.17) is 4.74 Å². The van der Waals surface area contributed by atoms with Crippen LogP contribution in [0, 0.1) is 11.7 Å². The monoisotopic (exact) mass is 369 g/mol. The average molecular weight is 369 g/mol. The van der Waals surface area contributed by atoms with Crippen molar-refractivity contribution in [1.29, 1.82) is 0 Å². The number of hydrogen-bond acceptors (Lipinski definition) is 4. The summed E-state index contributed by atoms with van der Waals surface area (Å²) in [6, 6.07) is 11.4. The maximum absolute atomic E-state index is 13.4. The first kappa shape index (κ1) is 18.6. The maximum atomic E-state index is 13.4. The molecule has 0 saturated heterocycles. The molecule has 0 radical (unpaired) electrons. The van der Waals surface area contributed by atoms with Gasteiger partial charge in [-0.1, -0.05) is 32.0 Å². The normalized spacial score (nSPS) is 17.0. The van der Waals surface area contributed by atoms with E-state index in [0.717, 1.165) is 0 Å². The number of benzene rings is 2. The number of ether oxygens (including phenoxy) is 1. The molecule has 1 aliphatic heterocycles. The van der Waals surface area contributed by atoms with Gasteiger partial charge in [0.1, 0.15) is 11.6 Å². The number of halogens is 1.